The van der Waals surface area contributed by atoms with Crippen LogP contribution in [0.1, 0.15) is 30.1 Å². The maximum absolute atomic E-state index is 9.63. The molecule has 0 atom stereocenters. The van der Waals surface area contributed by atoms with Crippen LogP contribution in [0.3, 0.4) is 0 Å². The number of rotatable bonds is 3. The Hall–Kier alpha value is -2.29. The Labute approximate surface area is 117 Å². The Morgan fingerprint density at radius 3 is 2.65 bits per heavy atom. The number of nitrogens with zero attached hydrogens (tertiary/aromatic N) is 2. The van der Waals surface area contributed by atoms with Crippen LogP contribution in [0.2, 0.25) is 0 Å². The van der Waals surface area contributed by atoms with Crippen LogP contribution in [0.4, 0.5) is 0 Å². The van der Waals surface area contributed by atoms with Gasteiger partial charge in [0.2, 0.25) is 0 Å². The van der Waals surface area contributed by atoms with Crippen LogP contribution in [0.5, 0.6) is 5.75 Å². The van der Waals surface area contributed by atoms with E-state index in [0.29, 0.717) is 5.92 Å². The second-order valence-electron chi connectivity index (χ2n) is 5.49. The molecule has 0 radical (unpaired) electrons. The third-order valence-electron chi connectivity index (χ3n) is 3.89. The molecule has 100 valence electrons. The monoisotopic (exact) mass is 264 g/mol. The first-order valence-electron chi connectivity index (χ1n) is 7.04. The molecule has 3 aromatic rings. The van der Waals surface area contributed by atoms with Crippen molar-refractivity contribution in [1.82, 2.24) is 9.55 Å². The zero-order valence-corrected chi connectivity index (χ0v) is 11.2. The number of hydrogen-bond donors (Lipinski definition) is 1. The van der Waals surface area contributed by atoms with E-state index < -0.39 is 0 Å². The molecule has 1 aliphatic carbocycles. The molecule has 4 rings (SSSR count). The zero-order chi connectivity index (χ0) is 13.5. The van der Waals surface area contributed by atoms with E-state index in [9.17, 15) is 5.11 Å². The van der Waals surface area contributed by atoms with E-state index in [-0.39, 0.29) is 5.75 Å². The molecule has 0 saturated heterocycles. The van der Waals surface area contributed by atoms with Crippen molar-refractivity contribution >= 4 is 11.0 Å². The summed E-state index contributed by atoms with van der Waals surface area (Å²) in [4.78, 5) is 4.73. The largest absolute Gasteiger partial charge is 0.508 e. The van der Waals surface area contributed by atoms with Crippen LogP contribution < -0.4 is 0 Å². The molecule has 2 aromatic carbocycles. The smallest absolute Gasteiger partial charge is 0.117 e. The van der Waals surface area contributed by atoms with Gasteiger partial charge in [0.15, 0.2) is 0 Å². The predicted molar refractivity (Wildman–Crippen MR) is 78.9 cm³/mol. The van der Waals surface area contributed by atoms with Crippen LogP contribution in [0, 0.1) is 0 Å². The van der Waals surface area contributed by atoms with Crippen molar-refractivity contribution in [3.8, 4) is 5.75 Å². The Kier molecular flexibility index (Phi) is 2.52. The van der Waals surface area contributed by atoms with Crippen LogP contribution in [-0.4, -0.2) is 14.7 Å². The third kappa shape index (κ3) is 1.95. The maximum Gasteiger partial charge on any atom is 0.117 e. The molecule has 1 fully saturated rings. The number of phenols is 1. The number of benzene rings is 2. The second kappa shape index (κ2) is 4.37. The highest BCUT2D eigenvalue weighted by atomic mass is 16.3. The topological polar surface area (TPSA) is 38.1 Å². The van der Waals surface area contributed by atoms with Gasteiger partial charge in [0.1, 0.15) is 11.6 Å². The molecule has 1 aliphatic rings. The Morgan fingerprint density at radius 2 is 1.90 bits per heavy atom. The van der Waals surface area contributed by atoms with Crippen LogP contribution in [0.25, 0.3) is 11.0 Å². The van der Waals surface area contributed by atoms with Gasteiger partial charge in [-0.25, -0.2) is 4.98 Å². The molecule has 0 bridgehead atoms. The zero-order valence-electron chi connectivity index (χ0n) is 11.2. The van der Waals surface area contributed by atoms with Crippen molar-refractivity contribution in [3.05, 3.63) is 59.9 Å². The molecule has 3 nitrogen and oxygen atoms in total. The average molecular weight is 264 g/mol. The van der Waals surface area contributed by atoms with Crippen molar-refractivity contribution in [1.29, 1.82) is 0 Å². The summed E-state index contributed by atoms with van der Waals surface area (Å²) in [7, 11) is 0. The molecular weight excluding hydrogens is 248 g/mol. The van der Waals surface area contributed by atoms with Gasteiger partial charge in [0, 0.05) is 18.5 Å². The molecule has 0 unspecified atom stereocenters. The van der Waals surface area contributed by atoms with E-state index in [2.05, 4.69) is 28.8 Å². The predicted octanol–water partition coefficient (Wildman–Crippen LogP) is 3.67. The Morgan fingerprint density at radius 1 is 1.10 bits per heavy atom. The van der Waals surface area contributed by atoms with E-state index in [4.69, 9.17) is 4.98 Å². The number of fused-ring (bicyclic) bond motifs is 1. The quantitative estimate of drug-likeness (QED) is 0.783. The van der Waals surface area contributed by atoms with Gasteiger partial charge in [0.25, 0.3) is 0 Å². The normalized spacial score (nSPS) is 14.8. The lowest BCUT2D eigenvalue weighted by molar-refractivity contribution is 0.476. The lowest BCUT2D eigenvalue weighted by atomic mass is 10.2. The molecule has 1 heterocycles. The third-order valence-corrected chi connectivity index (χ3v) is 3.89. The van der Waals surface area contributed by atoms with Crippen LogP contribution in [-0.2, 0) is 6.54 Å². The number of phenolic OH excluding ortho intramolecular Hbond substituents is 1. The van der Waals surface area contributed by atoms with Gasteiger partial charge in [-0.2, -0.15) is 0 Å². The first kappa shape index (κ1) is 11.5. The summed E-state index contributed by atoms with van der Waals surface area (Å²) in [5, 5.41) is 9.63. The SMILES string of the molecule is Oc1ccc2c(c1)nc(C1CC1)n2Cc1ccccc1. The number of hydrogen-bond acceptors (Lipinski definition) is 2. The molecule has 1 aromatic heterocycles. The van der Waals surface area contributed by atoms with Crippen LogP contribution in [0.15, 0.2) is 48.5 Å². The molecule has 1 saturated carbocycles. The highest BCUT2D eigenvalue weighted by Gasteiger charge is 2.29. The molecule has 0 spiro atoms. The fourth-order valence-corrected chi connectivity index (χ4v) is 2.72. The van der Waals surface area contributed by atoms with Gasteiger partial charge in [0.05, 0.1) is 11.0 Å². The van der Waals surface area contributed by atoms with Gasteiger partial charge >= 0.3 is 0 Å². The van der Waals surface area contributed by atoms with E-state index in [1.807, 2.05) is 12.1 Å². The summed E-state index contributed by atoms with van der Waals surface area (Å²) in [6.45, 7) is 0.841. The fraction of sp³-hybridized carbons (Fsp3) is 0.235. The van der Waals surface area contributed by atoms with Gasteiger partial charge in [-0.05, 0) is 30.5 Å². The van der Waals surface area contributed by atoms with E-state index in [0.717, 1.165) is 23.4 Å². The van der Waals surface area contributed by atoms with E-state index >= 15 is 0 Å². The van der Waals surface area contributed by atoms with Gasteiger partial charge in [-0.1, -0.05) is 30.3 Å². The van der Waals surface area contributed by atoms with Gasteiger partial charge in [-0.3, -0.25) is 0 Å². The lowest BCUT2D eigenvalue weighted by Gasteiger charge is -2.08. The van der Waals surface area contributed by atoms with Crippen molar-refractivity contribution in [2.24, 2.45) is 0 Å². The van der Waals surface area contributed by atoms with Crippen molar-refractivity contribution in [2.75, 3.05) is 0 Å². The highest BCUT2D eigenvalue weighted by Crippen LogP contribution is 2.41. The first-order chi connectivity index (χ1) is 9.81. The molecular formula is C17H16N2O. The Bertz CT molecular complexity index is 757. The fourth-order valence-electron chi connectivity index (χ4n) is 2.72. The van der Waals surface area contributed by atoms with Gasteiger partial charge < -0.3 is 9.67 Å². The Balaban J connectivity index is 1.85. The van der Waals surface area contributed by atoms with Gasteiger partial charge in [-0.15, -0.1) is 0 Å². The average Bonchev–Trinajstić information content (AvgIpc) is 3.24. The van der Waals surface area contributed by atoms with Crippen molar-refractivity contribution < 1.29 is 5.11 Å². The van der Waals surface area contributed by atoms with E-state index in [1.165, 1.54) is 18.4 Å². The summed E-state index contributed by atoms with van der Waals surface area (Å²) in [5.74, 6) is 2.03. The van der Waals surface area contributed by atoms with E-state index in [1.54, 1.807) is 12.1 Å². The number of aromatic nitrogens is 2. The number of imidazole rings is 1. The maximum atomic E-state index is 9.63. The minimum Gasteiger partial charge on any atom is -0.508 e. The standard InChI is InChI=1S/C17H16N2O/c20-14-8-9-16-15(10-14)18-17(13-6-7-13)19(16)11-12-4-2-1-3-5-12/h1-5,8-10,13,20H,6-7,11H2. The highest BCUT2D eigenvalue weighted by molar-refractivity contribution is 5.78. The first-order valence-corrected chi connectivity index (χ1v) is 7.04. The summed E-state index contributed by atoms with van der Waals surface area (Å²) in [5.41, 5.74) is 3.28. The molecule has 0 aliphatic heterocycles. The summed E-state index contributed by atoms with van der Waals surface area (Å²) in [6, 6.07) is 15.9. The van der Waals surface area contributed by atoms with Crippen molar-refractivity contribution in [2.45, 2.75) is 25.3 Å². The minimum atomic E-state index is 0.282. The summed E-state index contributed by atoms with van der Waals surface area (Å²) < 4.78 is 2.29. The second-order valence-corrected chi connectivity index (χ2v) is 5.49. The molecule has 0 amide bonds. The summed E-state index contributed by atoms with van der Waals surface area (Å²) in [6.07, 6.45) is 2.45. The van der Waals surface area contributed by atoms with Crippen LogP contribution >= 0.6 is 0 Å². The lowest BCUT2D eigenvalue weighted by Crippen LogP contribution is -2.04. The molecule has 1 N–H and O–H groups in total. The minimum absolute atomic E-state index is 0.282. The van der Waals surface area contributed by atoms with Crippen molar-refractivity contribution in [3.63, 3.8) is 0 Å². The summed E-state index contributed by atoms with van der Waals surface area (Å²) >= 11 is 0. The number of aromatic hydroxyl groups is 1. The molecule has 3 heteroatoms. The molecule has 20 heavy (non-hydrogen) atoms.